The van der Waals surface area contributed by atoms with Crippen molar-refractivity contribution in [3.63, 3.8) is 0 Å². The predicted octanol–water partition coefficient (Wildman–Crippen LogP) is 3.53. The summed E-state index contributed by atoms with van der Waals surface area (Å²) in [7, 11) is 0. The lowest BCUT2D eigenvalue weighted by atomic mass is 9.80. The van der Waals surface area contributed by atoms with E-state index in [9.17, 15) is 4.79 Å². The van der Waals surface area contributed by atoms with Gasteiger partial charge in [-0.3, -0.25) is 4.79 Å². The standard InChI is InChI=1S/C17H23IN4O2/c1-17(2,3)24-16(23)11-6-4-10(5-7-11)13-8-14(19)22-15(21-13)12(18)9-20-22/h8-11H,4-7,19H2,1-3H3. The summed E-state index contributed by atoms with van der Waals surface area (Å²) in [4.78, 5) is 17.0. The number of anilines is 1. The highest BCUT2D eigenvalue weighted by atomic mass is 127. The Labute approximate surface area is 155 Å². The zero-order chi connectivity index (χ0) is 17.5. The van der Waals surface area contributed by atoms with Crippen LogP contribution in [0.25, 0.3) is 5.65 Å². The first-order valence-corrected chi connectivity index (χ1v) is 9.35. The number of aromatic nitrogens is 3. The Morgan fingerprint density at radius 2 is 2.00 bits per heavy atom. The lowest BCUT2D eigenvalue weighted by molar-refractivity contribution is -0.161. The van der Waals surface area contributed by atoms with Crippen LogP contribution in [0, 0.1) is 9.49 Å². The Morgan fingerprint density at radius 1 is 1.33 bits per heavy atom. The zero-order valence-electron chi connectivity index (χ0n) is 14.3. The number of halogens is 1. The lowest BCUT2D eigenvalue weighted by Gasteiger charge is -2.29. The van der Waals surface area contributed by atoms with Gasteiger partial charge < -0.3 is 10.5 Å². The molecule has 0 atom stereocenters. The summed E-state index contributed by atoms with van der Waals surface area (Å²) in [5.41, 5.74) is 7.49. The summed E-state index contributed by atoms with van der Waals surface area (Å²) in [5, 5.41) is 4.23. The SMILES string of the molecule is CC(C)(C)OC(=O)C1CCC(c2cc(N)n3ncc(I)c3n2)CC1. The van der Waals surface area contributed by atoms with Gasteiger partial charge in [0.05, 0.1) is 15.7 Å². The molecule has 6 nitrogen and oxygen atoms in total. The van der Waals surface area contributed by atoms with Crippen LogP contribution in [-0.4, -0.2) is 26.2 Å². The van der Waals surface area contributed by atoms with E-state index in [2.05, 4.69) is 27.7 Å². The molecule has 0 bridgehead atoms. The van der Waals surface area contributed by atoms with E-state index in [0.717, 1.165) is 40.6 Å². The predicted molar refractivity (Wildman–Crippen MR) is 101 cm³/mol. The number of hydrogen-bond acceptors (Lipinski definition) is 5. The van der Waals surface area contributed by atoms with Crippen molar-refractivity contribution in [1.82, 2.24) is 14.6 Å². The van der Waals surface area contributed by atoms with Crippen LogP contribution in [0.5, 0.6) is 0 Å². The molecule has 1 aliphatic carbocycles. The maximum Gasteiger partial charge on any atom is 0.309 e. The molecule has 1 aliphatic rings. The van der Waals surface area contributed by atoms with Gasteiger partial charge in [-0.05, 0) is 69.0 Å². The van der Waals surface area contributed by atoms with Gasteiger partial charge >= 0.3 is 5.97 Å². The number of nitrogens with zero attached hydrogens (tertiary/aromatic N) is 3. The van der Waals surface area contributed by atoms with Crippen LogP contribution >= 0.6 is 22.6 Å². The van der Waals surface area contributed by atoms with Crippen molar-refractivity contribution in [2.75, 3.05) is 5.73 Å². The van der Waals surface area contributed by atoms with Gasteiger partial charge in [0.2, 0.25) is 0 Å². The van der Waals surface area contributed by atoms with Crippen LogP contribution in [0.2, 0.25) is 0 Å². The zero-order valence-corrected chi connectivity index (χ0v) is 16.4. The maximum absolute atomic E-state index is 12.2. The number of carbonyl (C=O) groups excluding carboxylic acids is 1. The number of fused-ring (bicyclic) bond motifs is 1. The highest BCUT2D eigenvalue weighted by Gasteiger charge is 2.31. The molecule has 0 saturated heterocycles. The molecule has 2 N–H and O–H groups in total. The Bertz CT molecular complexity index is 758. The molecular weight excluding hydrogens is 419 g/mol. The first-order valence-electron chi connectivity index (χ1n) is 8.27. The van der Waals surface area contributed by atoms with Gasteiger partial charge in [-0.2, -0.15) is 9.61 Å². The van der Waals surface area contributed by atoms with Crippen molar-refractivity contribution in [1.29, 1.82) is 0 Å². The molecule has 3 rings (SSSR count). The third-order valence-electron chi connectivity index (χ3n) is 4.36. The largest absolute Gasteiger partial charge is 0.460 e. The van der Waals surface area contributed by atoms with E-state index in [4.69, 9.17) is 15.5 Å². The van der Waals surface area contributed by atoms with E-state index in [1.165, 1.54) is 0 Å². The van der Waals surface area contributed by atoms with Crippen molar-refractivity contribution in [3.8, 4) is 0 Å². The van der Waals surface area contributed by atoms with Gasteiger partial charge in [-0.25, -0.2) is 4.98 Å². The minimum atomic E-state index is -0.423. The fourth-order valence-electron chi connectivity index (χ4n) is 3.20. The second kappa shape index (κ2) is 6.50. The minimum absolute atomic E-state index is 0.00310. The van der Waals surface area contributed by atoms with Crippen molar-refractivity contribution < 1.29 is 9.53 Å². The van der Waals surface area contributed by atoms with Crippen molar-refractivity contribution >= 4 is 40.0 Å². The first kappa shape index (κ1) is 17.4. The Hall–Kier alpha value is -1.38. The second-order valence-electron chi connectivity index (χ2n) is 7.42. The van der Waals surface area contributed by atoms with Gasteiger partial charge in [0.15, 0.2) is 5.65 Å². The summed E-state index contributed by atoms with van der Waals surface area (Å²) in [6, 6.07) is 1.91. The van der Waals surface area contributed by atoms with Gasteiger partial charge in [-0.15, -0.1) is 0 Å². The number of hydrogen-bond donors (Lipinski definition) is 1. The molecule has 130 valence electrons. The molecule has 0 aromatic carbocycles. The molecule has 1 fully saturated rings. The summed E-state index contributed by atoms with van der Waals surface area (Å²) < 4.78 is 8.17. The molecule has 0 radical (unpaired) electrons. The first-order chi connectivity index (χ1) is 11.2. The minimum Gasteiger partial charge on any atom is -0.460 e. The lowest BCUT2D eigenvalue weighted by Crippen LogP contribution is -2.30. The van der Waals surface area contributed by atoms with Crippen LogP contribution in [0.3, 0.4) is 0 Å². The number of ether oxygens (including phenoxy) is 1. The number of nitrogen functional groups attached to an aromatic ring is 1. The molecule has 0 amide bonds. The number of esters is 1. The monoisotopic (exact) mass is 442 g/mol. The Morgan fingerprint density at radius 3 is 2.62 bits per heavy atom. The quantitative estimate of drug-likeness (QED) is 0.569. The molecule has 2 heterocycles. The fourth-order valence-corrected chi connectivity index (χ4v) is 3.67. The van der Waals surface area contributed by atoms with Crippen LogP contribution in [0.4, 0.5) is 5.82 Å². The Balaban J connectivity index is 1.71. The van der Waals surface area contributed by atoms with Gasteiger partial charge in [-0.1, -0.05) is 0 Å². The van der Waals surface area contributed by atoms with Crippen LogP contribution in [-0.2, 0) is 9.53 Å². The average Bonchev–Trinajstić information content (AvgIpc) is 2.88. The van der Waals surface area contributed by atoms with E-state index in [-0.39, 0.29) is 11.9 Å². The summed E-state index contributed by atoms with van der Waals surface area (Å²) in [6.07, 6.45) is 5.29. The van der Waals surface area contributed by atoms with Gasteiger partial charge in [0.25, 0.3) is 0 Å². The highest BCUT2D eigenvalue weighted by Crippen LogP contribution is 2.37. The third kappa shape index (κ3) is 3.65. The van der Waals surface area contributed by atoms with E-state index in [0.29, 0.717) is 11.7 Å². The number of carbonyl (C=O) groups is 1. The Kier molecular flexibility index (Phi) is 4.72. The van der Waals surface area contributed by atoms with Crippen molar-refractivity contribution in [3.05, 3.63) is 21.5 Å². The summed E-state index contributed by atoms with van der Waals surface area (Å²) >= 11 is 2.22. The highest BCUT2D eigenvalue weighted by molar-refractivity contribution is 14.1. The average molecular weight is 442 g/mol. The van der Waals surface area contributed by atoms with E-state index in [1.54, 1.807) is 10.7 Å². The number of rotatable bonds is 2. The topological polar surface area (TPSA) is 82.5 Å². The molecule has 2 aromatic heterocycles. The second-order valence-corrected chi connectivity index (χ2v) is 8.58. The van der Waals surface area contributed by atoms with Crippen LogP contribution in [0.1, 0.15) is 58.1 Å². The molecule has 1 saturated carbocycles. The molecule has 0 spiro atoms. The molecule has 0 unspecified atom stereocenters. The van der Waals surface area contributed by atoms with Crippen LogP contribution < -0.4 is 5.73 Å². The maximum atomic E-state index is 12.2. The summed E-state index contributed by atoms with van der Waals surface area (Å²) in [6.45, 7) is 5.73. The number of nitrogens with two attached hydrogens (primary N) is 1. The van der Waals surface area contributed by atoms with Gasteiger partial charge in [0, 0.05) is 17.7 Å². The van der Waals surface area contributed by atoms with E-state index < -0.39 is 5.60 Å². The molecular formula is C17H23IN4O2. The smallest absolute Gasteiger partial charge is 0.309 e. The third-order valence-corrected chi connectivity index (χ3v) is 5.12. The van der Waals surface area contributed by atoms with E-state index >= 15 is 0 Å². The fraction of sp³-hybridized carbons (Fsp3) is 0.588. The van der Waals surface area contributed by atoms with Gasteiger partial charge in [0.1, 0.15) is 11.4 Å². The van der Waals surface area contributed by atoms with Crippen molar-refractivity contribution in [2.24, 2.45) is 5.92 Å². The van der Waals surface area contributed by atoms with Crippen LogP contribution in [0.15, 0.2) is 12.3 Å². The normalized spacial score (nSPS) is 21.8. The summed E-state index contributed by atoms with van der Waals surface area (Å²) in [5.74, 6) is 0.861. The van der Waals surface area contributed by atoms with Crippen molar-refractivity contribution in [2.45, 2.75) is 58.0 Å². The van der Waals surface area contributed by atoms with E-state index in [1.807, 2.05) is 26.8 Å². The molecule has 24 heavy (non-hydrogen) atoms. The molecule has 0 aliphatic heterocycles. The molecule has 2 aromatic rings. The molecule has 7 heteroatoms.